The normalized spacial score (nSPS) is 18.9. The van der Waals surface area contributed by atoms with Crippen LogP contribution in [-0.2, 0) is 9.47 Å². The fraction of sp³-hybridized carbons (Fsp3) is 0.467. The molecule has 2 heterocycles. The van der Waals surface area contributed by atoms with Gasteiger partial charge in [0.2, 0.25) is 6.54 Å². The molecule has 112 valence electrons. The number of nitrogens with one attached hydrogen (secondary N) is 1. The first-order chi connectivity index (χ1) is 10.1. The van der Waals surface area contributed by atoms with Crippen LogP contribution in [0.2, 0.25) is 0 Å². The first-order valence-electron chi connectivity index (χ1n) is 7.03. The van der Waals surface area contributed by atoms with Crippen LogP contribution in [0.5, 0.6) is 0 Å². The summed E-state index contributed by atoms with van der Waals surface area (Å²) in [6, 6.07) is 7.78. The van der Waals surface area contributed by atoms with Crippen molar-refractivity contribution in [3.05, 3.63) is 46.1 Å². The third kappa shape index (κ3) is 2.91. The number of nitro groups is 1. The average Bonchev–Trinajstić information content (AvgIpc) is 3.05. The maximum Gasteiger partial charge on any atom is 0.210 e. The number of rotatable bonds is 5. The number of H-pyrrole nitrogens is 1. The van der Waals surface area contributed by atoms with E-state index in [0.29, 0.717) is 19.6 Å². The summed E-state index contributed by atoms with van der Waals surface area (Å²) < 4.78 is 11.2. The van der Waals surface area contributed by atoms with Gasteiger partial charge in [-0.2, -0.15) is 0 Å². The summed E-state index contributed by atoms with van der Waals surface area (Å²) in [7, 11) is 0. The summed E-state index contributed by atoms with van der Waals surface area (Å²) in [5.41, 5.74) is 1.95. The highest BCUT2D eigenvalue weighted by Crippen LogP contribution is 2.35. The van der Waals surface area contributed by atoms with Crippen LogP contribution >= 0.6 is 0 Å². The SMILES string of the molecule is CC1(CC(C[N+](=O)[O-])c2cccc3[nH]ccc23)OCCO1. The van der Waals surface area contributed by atoms with E-state index in [4.69, 9.17) is 9.47 Å². The van der Waals surface area contributed by atoms with Crippen LogP contribution in [0, 0.1) is 10.1 Å². The van der Waals surface area contributed by atoms with Crippen molar-refractivity contribution >= 4 is 10.9 Å². The highest BCUT2D eigenvalue weighted by Gasteiger charge is 2.36. The lowest BCUT2D eigenvalue weighted by Gasteiger charge is -2.26. The Hall–Kier alpha value is -1.92. The molecular weight excluding hydrogens is 272 g/mol. The molecule has 0 saturated carbocycles. The molecule has 0 amide bonds. The van der Waals surface area contributed by atoms with Crippen LogP contribution in [-0.4, -0.2) is 35.5 Å². The molecule has 3 rings (SSSR count). The minimum atomic E-state index is -0.737. The van der Waals surface area contributed by atoms with Gasteiger partial charge in [0, 0.05) is 28.4 Å². The molecule has 0 spiro atoms. The number of hydrogen-bond acceptors (Lipinski definition) is 4. The van der Waals surface area contributed by atoms with E-state index in [-0.39, 0.29) is 17.4 Å². The van der Waals surface area contributed by atoms with Crippen molar-refractivity contribution in [1.82, 2.24) is 4.98 Å². The van der Waals surface area contributed by atoms with Gasteiger partial charge in [-0.1, -0.05) is 12.1 Å². The Balaban J connectivity index is 1.95. The molecule has 21 heavy (non-hydrogen) atoms. The maximum absolute atomic E-state index is 11.1. The smallest absolute Gasteiger partial charge is 0.210 e. The zero-order chi connectivity index (χ0) is 14.9. The summed E-state index contributed by atoms with van der Waals surface area (Å²) in [5, 5.41) is 12.1. The van der Waals surface area contributed by atoms with Gasteiger partial charge in [0.15, 0.2) is 5.79 Å². The Labute approximate surface area is 122 Å². The Morgan fingerprint density at radius 2 is 2.14 bits per heavy atom. The van der Waals surface area contributed by atoms with Gasteiger partial charge in [0.25, 0.3) is 0 Å². The van der Waals surface area contributed by atoms with E-state index in [0.717, 1.165) is 16.5 Å². The number of aromatic amines is 1. The predicted molar refractivity (Wildman–Crippen MR) is 77.8 cm³/mol. The maximum atomic E-state index is 11.1. The van der Waals surface area contributed by atoms with Crippen molar-refractivity contribution in [3.63, 3.8) is 0 Å². The monoisotopic (exact) mass is 290 g/mol. The first kappa shape index (κ1) is 14.0. The largest absolute Gasteiger partial charge is 0.361 e. The molecule has 1 aromatic heterocycles. The second-order valence-corrected chi connectivity index (χ2v) is 5.53. The lowest BCUT2D eigenvalue weighted by atomic mass is 9.90. The van der Waals surface area contributed by atoms with Crippen LogP contribution in [0.15, 0.2) is 30.5 Å². The van der Waals surface area contributed by atoms with Crippen molar-refractivity contribution in [2.24, 2.45) is 0 Å². The highest BCUT2D eigenvalue weighted by atomic mass is 16.7. The number of hydrogen-bond donors (Lipinski definition) is 1. The molecule has 0 radical (unpaired) electrons. The molecular formula is C15H18N2O4. The van der Waals surface area contributed by atoms with Crippen molar-refractivity contribution in [2.75, 3.05) is 19.8 Å². The van der Waals surface area contributed by atoms with E-state index < -0.39 is 5.79 Å². The van der Waals surface area contributed by atoms with Gasteiger partial charge < -0.3 is 14.5 Å². The van der Waals surface area contributed by atoms with E-state index >= 15 is 0 Å². The van der Waals surface area contributed by atoms with Crippen LogP contribution in [0.4, 0.5) is 0 Å². The zero-order valence-corrected chi connectivity index (χ0v) is 11.9. The average molecular weight is 290 g/mol. The van der Waals surface area contributed by atoms with Crippen LogP contribution in [0.3, 0.4) is 0 Å². The number of benzene rings is 1. The molecule has 1 N–H and O–H groups in total. The van der Waals surface area contributed by atoms with E-state index in [1.54, 1.807) is 0 Å². The molecule has 1 aliphatic rings. The second kappa shape index (κ2) is 5.46. The van der Waals surface area contributed by atoms with Gasteiger partial charge in [0.05, 0.1) is 19.1 Å². The lowest BCUT2D eigenvalue weighted by Crippen LogP contribution is -2.30. The quantitative estimate of drug-likeness (QED) is 0.678. The highest BCUT2D eigenvalue weighted by molar-refractivity contribution is 5.83. The molecule has 6 nitrogen and oxygen atoms in total. The molecule has 0 bridgehead atoms. The fourth-order valence-corrected chi connectivity index (χ4v) is 3.04. The predicted octanol–water partition coefficient (Wildman–Crippen LogP) is 2.68. The van der Waals surface area contributed by atoms with Crippen molar-refractivity contribution in [3.8, 4) is 0 Å². The lowest BCUT2D eigenvalue weighted by molar-refractivity contribution is -0.484. The fourth-order valence-electron chi connectivity index (χ4n) is 3.04. The van der Waals surface area contributed by atoms with Crippen LogP contribution in [0.25, 0.3) is 10.9 Å². The molecule has 1 aliphatic heterocycles. The summed E-state index contributed by atoms with van der Waals surface area (Å²) in [6.07, 6.45) is 2.32. The van der Waals surface area contributed by atoms with Crippen molar-refractivity contribution in [1.29, 1.82) is 0 Å². The summed E-state index contributed by atoms with van der Waals surface area (Å²) in [6.45, 7) is 2.79. The van der Waals surface area contributed by atoms with Gasteiger partial charge in [-0.3, -0.25) is 10.1 Å². The third-order valence-corrected chi connectivity index (χ3v) is 3.95. The molecule has 1 unspecified atom stereocenters. The number of ether oxygens (including phenoxy) is 2. The Morgan fingerprint density at radius 3 is 2.86 bits per heavy atom. The topological polar surface area (TPSA) is 77.4 Å². The van der Waals surface area contributed by atoms with Gasteiger partial charge in [-0.05, 0) is 24.6 Å². The molecule has 1 fully saturated rings. The summed E-state index contributed by atoms with van der Waals surface area (Å²) >= 11 is 0. The number of nitrogens with zero attached hydrogens (tertiary/aromatic N) is 1. The van der Waals surface area contributed by atoms with E-state index in [1.165, 1.54) is 0 Å². The van der Waals surface area contributed by atoms with Crippen molar-refractivity contribution in [2.45, 2.75) is 25.0 Å². The Bertz CT molecular complexity index is 646. The van der Waals surface area contributed by atoms with Gasteiger partial charge in [0.1, 0.15) is 0 Å². The summed E-state index contributed by atoms with van der Waals surface area (Å²) in [5.74, 6) is -0.985. The van der Waals surface area contributed by atoms with E-state index in [2.05, 4.69) is 4.98 Å². The minimum Gasteiger partial charge on any atom is -0.361 e. The molecule has 2 aromatic rings. The number of aromatic nitrogens is 1. The van der Waals surface area contributed by atoms with Gasteiger partial charge in [-0.15, -0.1) is 0 Å². The molecule has 0 aliphatic carbocycles. The minimum absolute atomic E-state index is 0.132. The molecule has 1 aromatic carbocycles. The standard InChI is InChI=1S/C15H18N2O4/c1-15(20-7-8-21-15)9-11(10-17(18)19)12-3-2-4-14-13(12)5-6-16-14/h2-6,11,16H,7-10H2,1H3. The van der Waals surface area contributed by atoms with Crippen molar-refractivity contribution < 1.29 is 14.4 Å². The third-order valence-electron chi connectivity index (χ3n) is 3.95. The van der Waals surface area contributed by atoms with E-state index in [1.807, 2.05) is 37.4 Å². The Kier molecular flexibility index (Phi) is 3.65. The van der Waals surface area contributed by atoms with Gasteiger partial charge in [-0.25, -0.2) is 0 Å². The first-order valence-corrected chi connectivity index (χ1v) is 7.03. The molecule has 1 saturated heterocycles. The molecule has 1 atom stereocenters. The second-order valence-electron chi connectivity index (χ2n) is 5.53. The molecule has 6 heteroatoms. The van der Waals surface area contributed by atoms with E-state index in [9.17, 15) is 10.1 Å². The Morgan fingerprint density at radius 1 is 1.38 bits per heavy atom. The van der Waals surface area contributed by atoms with Gasteiger partial charge >= 0.3 is 0 Å². The zero-order valence-electron chi connectivity index (χ0n) is 11.9. The summed E-state index contributed by atoms with van der Waals surface area (Å²) in [4.78, 5) is 13.9. The van der Waals surface area contributed by atoms with Crippen LogP contribution < -0.4 is 0 Å². The number of fused-ring (bicyclic) bond motifs is 1. The van der Waals surface area contributed by atoms with Crippen LogP contribution in [0.1, 0.15) is 24.8 Å².